The fourth-order valence-electron chi connectivity index (χ4n) is 10.5. The van der Waals surface area contributed by atoms with E-state index in [1.807, 2.05) is 0 Å². The number of nitrogens with zero attached hydrogens (tertiary/aromatic N) is 19. The molecule has 4 saturated heterocycles. The molecular weight excluding hydrogens is 1610 g/mol. The SMILES string of the molecule is [2H]C(c1ccc(F)c(C#N)c1)N1CC([2H])([2H])C([2H])(N([2H])c2ncnc3nc(C([2H])(C)C)sc23)C([2H])([2H])C1.[2H]C(c1ccc(F)c(Cl)c1)N1CC([2H])([2H])C([2H])(N([2H])c2ncnc3nc(Cl)sc23)C([2H])([2H])C1.[2H]c1nc(N([2H])C2([2H])C([2H])([2H])CN(C([2H])c3cc(Cl)c(F)c(C#N)c3)CC2([2H])[2H])c2sc(C([2H])(C)C)nc2n1.[2H]c1nc(N([2H])C2([2H])C([2H])([2H])CN(C([2H])c3cc(F)c(F)c(C#N)c3)CC2([2H])[2H])c2sc(C([2H])(C)C)nc2n1. The first-order valence-corrected chi connectivity index (χ1v) is 38.3. The van der Waals surface area contributed by atoms with E-state index >= 15 is 0 Å². The van der Waals surface area contributed by atoms with Gasteiger partial charge in [-0.3, -0.25) is 19.6 Å². The largest absolute Gasteiger partial charge is 0.366 e. The van der Waals surface area contributed by atoms with Gasteiger partial charge < -0.3 is 21.2 Å². The molecule has 4 N–H and O–H groups in total. The molecule has 0 aliphatic carbocycles. The van der Waals surface area contributed by atoms with E-state index < -0.39 is 241 Å². The molecule has 4 fully saturated rings. The summed E-state index contributed by atoms with van der Waals surface area (Å²) in [5.41, 5.74) is -0.963. The second-order valence-corrected chi connectivity index (χ2v) is 30.6. The summed E-state index contributed by atoms with van der Waals surface area (Å²) < 4.78 is 354. The van der Waals surface area contributed by atoms with Crippen LogP contribution < -0.4 is 21.2 Å². The lowest BCUT2D eigenvalue weighted by Gasteiger charge is -2.32. The number of halogens is 8. The molecule has 0 bridgehead atoms. The van der Waals surface area contributed by atoms with E-state index in [0.717, 1.165) is 109 Å². The Balaban J connectivity index is 0.000000165. The van der Waals surface area contributed by atoms with Gasteiger partial charge in [-0.2, -0.15) is 15.8 Å². The van der Waals surface area contributed by atoms with Crippen molar-refractivity contribution in [3.8, 4) is 18.2 Å². The molecule has 35 heteroatoms. The van der Waals surface area contributed by atoms with E-state index in [1.54, 1.807) is 53.7 Å². The minimum atomic E-state index is -2.98. The molecule has 4 unspecified atom stereocenters. The Morgan fingerprint density at radius 2 is 0.783 bits per heavy atom. The fraction of sp³-hybridized carbons (Fsp3) is 0.412. The summed E-state index contributed by atoms with van der Waals surface area (Å²) in [4.78, 5) is 52.7. The van der Waals surface area contributed by atoms with E-state index in [9.17, 15) is 27.2 Å². The molecule has 23 nitrogen and oxygen atoms in total. The second-order valence-electron chi connectivity index (χ2n) is 25.2. The summed E-state index contributed by atoms with van der Waals surface area (Å²) in [7, 11) is 0. The van der Waals surface area contributed by atoms with Crippen molar-refractivity contribution >= 4 is 145 Å². The number of thiazole rings is 4. The lowest BCUT2D eigenvalue weighted by Crippen LogP contribution is -2.38. The molecule has 4 aliphatic heterocycles. The zero-order valence-electron chi connectivity index (χ0n) is 93.8. The third kappa shape index (κ3) is 21.5. The van der Waals surface area contributed by atoms with E-state index in [-0.39, 0.29) is 111 Å². The molecule has 0 radical (unpaired) electrons. The van der Waals surface area contributed by atoms with Crippen LogP contribution in [0.4, 0.5) is 45.2 Å². The molecule has 0 spiro atoms. The van der Waals surface area contributed by atoms with Crippen LogP contribution in [0, 0.1) is 63.1 Å². The van der Waals surface area contributed by atoms with Gasteiger partial charge in [-0.1, -0.05) is 99.8 Å². The molecule has 115 heavy (non-hydrogen) atoms. The van der Waals surface area contributed by atoms with Crippen LogP contribution in [0.15, 0.2) is 85.9 Å². The lowest BCUT2D eigenvalue weighted by molar-refractivity contribution is 0.211. The van der Waals surface area contributed by atoms with Gasteiger partial charge in [0.1, 0.15) is 99.9 Å². The Labute approximate surface area is 740 Å². The van der Waals surface area contributed by atoms with Crippen LogP contribution in [0.1, 0.15) is 204 Å². The zero-order chi connectivity index (χ0) is 110. The molecule has 4 atom stereocenters. The maximum absolute atomic E-state index is 14.1. The number of nitrogens with one attached hydrogen (secondary N) is 4. The molecular formula is C80H83Cl3F5N23S4. The zero-order valence-corrected chi connectivity index (χ0v) is 66.4. The predicted octanol–water partition coefficient (Wildman–Crippen LogP) is 18.3. The van der Waals surface area contributed by atoms with Crippen LogP contribution in [0.3, 0.4) is 0 Å². The highest BCUT2D eigenvalue weighted by molar-refractivity contribution is 7.22. The van der Waals surface area contributed by atoms with Crippen LogP contribution in [0.5, 0.6) is 0 Å². The van der Waals surface area contributed by atoms with Gasteiger partial charge in [0, 0.05) is 152 Å². The molecule has 0 saturated carbocycles. The Hall–Kier alpha value is -9.21. The van der Waals surface area contributed by atoms with Gasteiger partial charge in [0.25, 0.3) is 0 Å². The fourth-order valence-corrected chi connectivity index (χ4v) is 14.6. The number of hydrogen-bond donors (Lipinski definition) is 4. The number of aromatic nitrogens is 12. The minimum Gasteiger partial charge on any atom is -0.366 e. The van der Waals surface area contributed by atoms with E-state index in [2.05, 4.69) is 59.8 Å². The number of fused-ring (bicyclic) bond motifs is 4. The van der Waals surface area contributed by atoms with Crippen molar-refractivity contribution in [3.05, 3.63) is 183 Å². The van der Waals surface area contributed by atoms with Crippen LogP contribution in [-0.2, 0) is 26.1 Å². The number of likely N-dealkylation sites (tertiary alicyclic amines) is 4. The average Bonchev–Trinajstić information content (AvgIpc) is 1.12. The first kappa shape index (κ1) is 51.1. The number of rotatable bonds is 19. The third-order valence-electron chi connectivity index (χ3n) is 16.0. The number of hydrogen-bond acceptors (Lipinski definition) is 27. The van der Waals surface area contributed by atoms with Crippen molar-refractivity contribution in [1.82, 2.24) is 79.4 Å². The second kappa shape index (κ2) is 38.7. The molecule has 4 aliphatic rings. The summed E-state index contributed by atoms with van der Waals surface area (Å²) in [6.45, 7) is -1.44. The van der Waals surface area contributed by atoms with Crippen molar-refractivity contribution in [1.29, 1.82) is 15.8 Å². The Morgan fingerprint density at radius 3 is 1.19 bits per heavy atom. The van der Waals surface area contributed by atoms with E-state index in [0.29, 0.717) is 21.7 Å². The topological polar surface area (TPSA) is 287 Å². The quantitative estimate of drug-likeness (QED) is 0.0547. The number of anilines is 4. The summed E-state index contributed by atoms with van der Waals surface area (Å²) in [6, 6.07) is 4.14. The molecule has 12 aromatic rings. The van der Waals surface area contributed by atoms with Crippen LogP contribution in [0.25, 0.3) is 41.4 Å². The molecule has 8 aromatic heterocycles. The van der Waals surface area contributed by atoms with Crippen molar-refractivity contribution in [2.24, 2.45) is 0 Å². The summed E-state index contributed by atoms with van der Waals surface area (Å²) >= 11 is 21.4. The van der Waals surface area contributed by atoms with Crippen molar-refractivity contribution in [2.45, 2.75) is 160 Å². The van der Waals surface area contributed by atoms with E-state index in [4.69, 9.17) is 90.7 Å². The standard InChI is InChI=1S/C21H22ClFN6S.C21H22F2N6S.C21H23FN6S.C17H16Cl2FN5S/c2*1-12(2)21-28-20-18(30-21)19(25-11-26-20)27-15-3-5-29(6-4-15)10-13-7-14(9-24)17(23)16(22)8-13;1-13(2)21-27-20-18(29-21)19(24-12-25-20)26-16-5-7-28(8-6-16)11-14-3-4-17(22)15(9-14)10-23;18-12-7-10(1-2-13(12)20)8-25-5-3-11(4-6-25)23-15-14-16(22-9-21-15)24-17(19)26-14/h2*7-8,11-12,15H,3-6,10H2,1-2H3,(H,25,26,27);3-4,9,12-13,16H,5-8,11H2,1-2H3,(H,24,25,26);1-2,7,9,11H,3-6,8H2,(H,21,22,23)/i2*3D2,4D2,10D,11D,12D,15D;5D2,6D2,11D,13D,16D;3D2,4D2,8D,11D/hD4. The van der Waals surface area contributed by atoms with Gasteiger partial charge >= 0.3 is 0 Å². The third-order valence-corrected chi connectivity index (χ3v) is 21.5. The smallest absolute Gasteiger partial charge is 0.186 e. The van der Waals surface area contributed by atoms with Crippen LogP contribution in [0.2, 0.25) is 20.2 Å². The predicted molar refractivity (Wildman–Crippen MR) is 446 cm³/mol. The summed E-state index contributed by atoms with van der Waals surface area (Å²) in [6.07, 6.45) is -21.1. The normalized spacial score (nSPS) is 25.9. The maximum Gasteiger partial charge on any atom is 0.186 e. The summed E-state index contributed by atoms with van der Waals surface area (Å²) in [5, 5.41) is 28.9. The van der Waals surface area contributed by atoms with Crippen LogP contribution >= 0.6 is 80.1 Å². The van der Waals surface area contributed by atoms with Crippen LogP contribution in [-0.4, -0.2) is 156 Å². The lowest BCUT2D eigenvalue weighted by atomic mass is 10.0. The molecule has 0 amide bonds. The average molecular weight is 1730 g/mol. The summed E-state index contributed by atoms with van der Waals surface area (Å²) in [5.74, 6) is -9.90. The highest BCUT2D eigenvalue weighted by Crippen LogP contribution is 2.37. The molecule has 598 valence electrons. The number of piperidine rings is 4. The monoisotopic (exact) mass is 1730 g/mol. The van der Waals surface area contributed by atoms with Gasteiger partial charge in [-0.05, 0) is 122 Å². The molecule has 12 heterocycles. The molecule has 4 aromatic carbocycles. The van der Waals surface area contributed by atoms with Crippen molar-refractivity contribution in [2.75, 3.05) is 73.6 Å². The Kier molecular flexibility index (Phi) is 17.2. The first-order chi connectivity index (χ1) is 68.0. The van der Waals surface area contributed by atoms with Gasteiger partial charge in [-0.15, -0.1) is 34.0 Å². The van der Waals surface area contributed by atoms with Crippen molar-refractivity contribution < 1.29 is 67.4 Å². The molecule has 16 rings (SSSR count). The maximum atomic E-state index is 14.1. The minimum absolute atomic E-state index is 0.0244. The number of nitriles is 3. The Morgan fingerprint density at radius 1 is 0.443 bits per heavy atom. The highest BCUT2D eigenvalue weighted by Gasteiger charge is 2.28. The van der Waals surface area contributed by atoms with Gasteiger partial charge in [-0.25, -0.2) is 81.8 Å². The van der Waals surface area contributed by atoms with Crippen molar-refractivity contribution in [3.63, 3.8) is 0 Å². The van der Waals surface area contributed by atoms with E-state index in [1.165, 1.54) is 29.2 Å². The van der Waals surface area contributed by atoms with Gasteiger partial charge in [0.2, 0.25) is 0 Å². The Bertz CT molecular complexity index is 6970. The highest BCUT2D eigenvalue weighted by atomic mass is 35.5. The van der Waals surface area contributed by atoms with Gasteiger partial charge in [0.15, 0.2) is 50.2 Å². The first-order valence-electron chi connectivity index (χ1n) is 50.5. The van der Waals surface area contributed by atoms with Gasteiger partial charge in [0.05, 0.1) is 47.2 Å². The number of benzene rings is 4.